The van der Waals surface area contributed by atoms with Gasteiger partial charge < -0.3 is 24.8 Å². The minimum atomic E-state index is -4.48. The Balaban J connectivity index is 1.33. The Morgan fingerprint density at radius 2 is 1.65 bits per heavy atom. The third kappa shape index (κ3) is 9.68. The largest absolute Gasteiger partial charge is 0.486 e. The van der Waals surface area contributed by atoms with Crippen LogP contribution >= 0.6 is 0 Å². The summed E-state index contributed by atoms with van der Waals surface area (Å²) in [5, 5.41) is 12.8. The van der Waals surface area contributed by atoms with E-state index in [4.69, 9.17) is 9.47 Å². The third-order valence-corrected chi connectivity index (χ3v) is 8.91. The van der Waals surface area contributed by atoms with Crippen LogP contribution in [0.25, 0.3) is 0 Å². The summed E-state index contributed by atoms with van der Waals surface area (Å²) in [6.07, 6.45) is -5.08. The van der Waals surface area contributed by atoms with E-state index in [0.29, 0.717) is 25.2 Å². The van der Waals surface area contributed by atoms with Crippen LogP contribution in [0.4, 0.5) is 18.9 Å². The number of anilines is 1. The van der Waals surface area contributed by atoms with Gasteiger partial charge in [-0.2, -0.15) is 13.2 Å². The van der Waals surface area contributed by atoms with Crippen LogP contribution in [-0.4, -0.2) is 65.6 Å². The van der Waals surface area contributed by atoms with E-state index in [2.05, 4.69) is 16.3 Å². The molecule has 0 radical (unpaired) electrons. The number of amides is 2. The number of hydrogen-bond acceptors (Lipinski definition) is 6. The molecule has 0 aliphatic carbocycles. The predicted octanol–water partition coefficient (Wildman–Crippen LogP) is 7.65. The van der Waals surface area contributed by atoms with E-state index in [1.165, 1.54) is 12.1 Å². The fourth-order valence-electron chi connectivity index (χ4n) is 6.23. The molecule has 0 unspecified atom stereocenters. The van der Waals surface area contributed by atoms with Crippen LogP contribution < -0.4 is 14.8 Å². The molecule has 4 aromatic rings. The van der Waals surface area contributed by atoms with Gasteiger partial charge in [0.05, 0.1) is 35.9 Å². The number of aliphatic hydroxyl groups is 1. The molecule has 5 rings (SSSR count). The molecule has 11 heteroatoms. The summed E-state index contributed by atoms with van der Waals surface area (Å²) in [7, 11) is 1.98. The first kappa shape index (κ1) is 37.4. The van der Waals surface area contributed by atoms with Gasteiger partial charge >= 0.3 is 6.18 Å². The maximum atomic E-state index is 13.8. The molecule has 0 saturated heterocycles. The quantitative estimate of drug-likeness (QED) is 0.167. The number of hydrogen-bond donors (Lipinski definition) is 2. The van der Waals surface area contributed by atoms with Gasteiger partial charge in [-0.05, 0) is 98.6 Å². The van der Waals surface area contributed by atoms with Crippen LogP contribution in [0.5, 0.6) is 17.2 Å². The van der Waals surface area contributed by atoms with Crippen molar-refractivity contribution in [1.29, 1.82) is 0 Å². The summed E-state index contributed by atoms with van der Waals surface area (Å²) >= 11 is 0. The Morgan fingerprint density at radius 1 is 1.00 bits per heavy atom. The Morgan fingerprint density at radius 3 is 2.27 bits per heavy atom. The van der Waals surface area contributed by atoms with Crippen molar-refractivity contribution in [3.63, 3.8) is 0 Å². The highest BCUT2D eigenvalue weighted by atomic mass is 19.4. The summed E-state index contributed by atoms with van der Waals surface area (Å²) < 4.78 is 51.8. The number of carbonyl (C=O) groups is 2. The van der Waals surface area contributed by atoms with Crippen molar-refractivity contribution in [2.75, 3.05) is 32.1 Å². The van der Waals surface area contributed by atoms with Gasteiger partial charge in [0.15, 0.2) is 5.75 Å². The third-order valence-electron chi connectivity index (χ3n) is 8.91. The summed E-state index contributed by atoms with van der Waals surface area (Å²) in [5.41, 5.74) is 3.43. The van der Waals surface area contributed by atoms with Crippen LogP contribution in [-0.2, 0) is 23.9 Å². The smallest absolute Gasteiger partial charge is 0.416 e. The molecule has 0 spiro atoms. The molecule has 1 aliphatic rings. The zero-order chi connectivity index (χ0) is 36.9. The van der Waals surface area contributed by atoms with Gasteiger partial charge in [0, 0.05) is 25.6 Å². The van der Waals surface area contributed by atoms with Crippen LogP contribution in [0.2, 0.25) is 0 Å². The zero-order valence-corrected chi connectivity index (χ0v) is 29.5. The van der Waals surface area contributed by atoms with E-state index < -0.39 is 29.8 Å². The van der Waals surface area contributed by atoms with Gasteiger partial charge in [0.25, 0.3) is 5.91 Å². The summed E-state index contributed by atoms with van der Waals surface area (Å²) in [4.78, 5) is 30.7. The topological polar surface area (TPSA) is 91.3 Å². The highest BCUT2D eigenvalue weighted by Crippen LogP contribution is 2.35. The normalized spacial score (nSPS) is 16.9. The fourth-order valence-corrected chi connectivity index (χ4v) is 6.23. The highest BCUT2D eigenvalue weighted by molar-refractivity contribution is 6.02. The Bertz CT molecular complexity index is 1810. The SMILES string of the molecule is Cc1cc(C)cc(Oc2ccc(CN(C)C[C@H]3Oc4c(NC(=O)Cc5ccc(C(F)(F)F)cc5)cccc4C(=O)N([C@@H](C)CO)C[C@H]3C)cc2)c1. The van der Waals surface area contributed by atoms with Crippen molar-refractivity contribution in [1.82, 2.24) is 9.80 Å². The molecule has 2 N–H and O–H groups in total. The average Bonchev–Trinajstić information content (AvgIpc) is 3.06. The first-order chi connectivity index (χ1) is 24.2. The number of nitrogens with zero attached hydrogens (tertiary/aromatic N) is 2. The van der Waals surface area contributed by atoms with Gasteiger partial charge in [-0.15, -0.1) is 0 Å². The average molecular weight is 704 g/mol. The van der Waals surface area contributed by atoms with Crippen molar-refractivity contribution in [2.24, 2.45) is 5.92 Å². The monoisotopic (exact) mass is 703 g/mol. The molecule has 51 heavy (non-hydrogen) atoms. The number of aryl methyl sites for hydroxylation is 2. The zero-order valence-electron chi connectivity index (χ0n) is 29.5. The molecule has 3 atom stereocenters. The number of para-hydroxylation sites is 1. The van der Waals surface area contributed by atoms with Gasteiger partial charge in [-0.25, -0.2) is 0 Å². The molecule has 0 saturated carbocycles. The van der Waals surface area contributed by atoms with Crippen LogP contribution in [0.15, 0.2) is 84.9 Å². The number of halogens is 3. The lowest BCUT2D eigenvalue weighted by Gasteiger charge is -2.38. The van der Waals surface area contributed by atoms with Crippen molar-refractivity contribution in [3.05, 3.63) is 118 Å². The lowest BCUT2D eigenvalue weighted by molar-refractivity contribution is -0.137. The van der Waals surface area contributed by atoms with Crippen molar-refractivity contribution < 1.29 is 37.3 Å². The number of alkyl halides is 3. The number of ether oxygens (including phenoxy) is 2. The molecule has 1 aliphatic heterocycles. The molecule has 0 fully saturated rings. The minimum Gasteiger partial charge on any atom is -0.486 e. The number of nitrogens with one attached hydrogen (secondary N) is 1. The Hall–Kier alpha value is -4.87. The first-order valence-electron chi connectivity index (χ1n) is 16.9. The second-order valence-corrected chi connectivity index (χ2v) is 13.5. The number of fused-ring (bicyclic) bond motifs is 1. The number of likely N-dealkylation sites (N-methyl/N-ethyl adjacent to an activating group) is 1. The lowest BCUT2D eigenvalue weighted by Crippen LogP contribution is -2.49. The molecular formula is C40H44F3N3O5. The second kappa shape index (κ2) is 16.0. The molecule has 0 bridgehead atoms. The van der Waals surface area contributed by atoms with E-state index in [9.17, 15) is 27.9 Å². The van der Waals surface area contributed by atoms with Gasteiger partial charge in [-0.1, -0.05) is 43.3 Å². The first-order valence-corrected chi connectivity index (χ1v) is 16.9. The molecule has 0 aromatic heterocycles. The molecule has 2 amide bonds. The molecule has 1 heterocycles. The molecule has 270 valence electrons. The second-order valence-electron chi connectivity index (χ2n) is 13.5. The Kier molecular flexibility index (Phi) is 11.7. The highest BCUT2D eigenvalue weighted by Gasteiger charge is 2.35. The van der Waals surface area contributed by atoms with E-state index in [-0.39, 0.29) is 41.9 Å². The standard InChI is InChI=1S/C40H44F3N3O5/c1-25-17-26(2)19-33(18-25)50-32-15-11-30(12-16-32)22-45(5)23-36-27(3)21-46(28(4)24-47)39(49)34-7-6-8-35(38(34)51-36)44-37(48)20-29-9-13-31(14-10-29)40(41,42)43/h6-19,27-28,36,47H,20-24H2,1-5H3,(H,44,48)/t27-,28+,36-/m1/s1. The Labute approximate surface area is 296 Å². The fraction of sp³-hybridized carbons (Fsp3) is 0.350. The number of aliphatic hydroxyl groups excluding tert-OH is 1. The summed E-state index contributed by atoms with van der Waals surface area (Å²) in [6.45, 7) is 9.01. The molecular weight excluding hydrogens is 659 g/mol. The van der Waals surface area contributed by atoms with E-state index >= 15 is 0 Å². The van der Waals surface area contributed by atoms with E-state index in [1.54, 1.807) is 30.0 Å². The van der Waals surface area contributed by atoms with Crippen LogP contribution in [0, 0.1) is 19.8 Å². The van der Waals surface area contributed by atoms with Crippen molar-refractivity contribution >= 4 is 17.5 Å². The van der Waals surface area contributed by atoms with E-state index in [0.717, 1.165) is 40.3 Å². The maximum Gasteiger partial charge on any atom is 0.416 e. The summed E-state index contributed by atoms with van der Waals surface area (Å²) in [5.74, 6) is 0.738. The minimum absolute atomic E-state index is 0.164. The van der Waals surface area contributed by atoms with Crippen molar-refractivity contribution in [3.8, 4) is 17.2 Å². The van der Waals surface area contributed by atoms with Gasteiger partial charge in [-0.3, -0.25) is 14.5 Å². The van der Waals surface area contributed by atoms with Gasteiger partial charge in [0.2, 0.25) is 5.91 Å². The number of benzene rings is 4. The summed E-state index contributed by atoms with van der Waals surface area (Å²) in [6, 6.07) is 22.8. The van der Waals surface area contributed by atoms with Crippen LogP contribution in [0.3, 0.4) is 0 Å². The number of carbonyl (C=O) groups excluding carboxylic acids is 2. The van der Waals surface area contributed by atoms with Gasteiger partial charge in [0.1, 0.15) is 17.6 Å². The number of rotatable bonds is 11. The lowest BCUT2D eigenvalue weighted by atomic mass is 9.98. The molecule has 4 aromatic carbocycles. The predicted molar refractivity (Wildman–Crippen MR) is 190 cm³/mol. The van der Waals surface area contributed by atoms with E-state index in [1.807, 2.05) is 64.2 Å². The molecule has 8 nitrogen and oxygen atoms in total. The van der Waals surface area contributed by atoms with Crippen molar-refractivity contribution in [2.45, 2.75) is 59.0 Å². The maximum absolute atomic E-state index is 13.8. The van der Waals surface area contributed by atoms with Crippen LogP contribution in [0.1, 0.15) is 52.0 Å².